The van der Waals surface area contributed by atoms with E-state index < -0.39 is 54.0 Å². The minimum atomic E-state index is -2.09. The van der Waals surface area contributed by atoms with Crippen LogP contribution in [-0.2, 0) is 37.7 Å². The van der Waals surface area contributed by atoms with Gasteiger partial charge < -0.3 is 50.5 Å². The van der Waals surface area contributed by atoms with Gasteiger partial charge >= 0.3 is 0 Å². The molecular formula is C33H39N3O10. The first-order valence-corrected chi connectivity index (χ1v) is 15.0. The van der Waals surface area contributed by atoms with E-state index >= 15 is 0 Å². The molecular weight excluding hydrogens is 598 g/mol. The molecule has 13 heteroatoms. The van der Waals surface area contributed by atoms with E-state index in [2.05, 4.69) is 11.9 Å². The van der Waals surface area contributed by atoms with Crippen LogP contribution in [0.15, 0.2) is 67.3 Å². The Morgan fingerprint density at radius 2 is 1.83 bits per heavy atom. The first-order valence-electron chi connectivity index (χ1n) is 15.0. The zero-order valence-electron chi connectivity index (χ0n) is 25.3. The number of hydrogen-bond acceptors (Lipinski definition) is 10. The fourth-order valence-corrected chi connectivity index (χ4v) is 6.30. The maximum Gasteiger partial charge on any atom is 0.264 e. The quantitative estimate of drug-likeness (QED) is 0.179. The summed E-state index contributed by atoms with van der Waals surface area (Å²) in [5, 5.41) is 64.1. The number of nitrogens with zero attached hydrogens (tertiary/aromatic N) is 2. The van der Waals surface area contributed by atoms with Gasteiger partial charge in [-0.2, -0.15) is 0 Å². The lowest BCUT2D eigenvalue weighted by molar-refractivity contribution is -0.274. The normalized spacial score (nSPS) is 29.8. The van der Waals surface area contributed by atoms with Crippen LogP contribution in [0.3, 0.4) is 0 Å². The van der Waals surface area contributed by atoms with Crippen molar-refractivity contribution >= 4 is 29.1 Å². The number of ether oxygens (including phenoxy) is 1. The number of anilines is 2. The van der Waals surface area contributed by atoms with Crippen molar-refractivity contribution in [2.24, 2.45) is 5.92 Å². The fourth-order valence-electron chi connectivity index (χ4n) is 6.30. The molecule has 3 aliphatic heterocycles. The molecule has 0 bridgehead atoms. The number of rotatable bonds is 9. The molecule has 13 nitrogen and oxygen atoms in total. The number of amides is 3. The predicted octanol–water partition coefficient (Wildman–Crippen LogP) is -0.327. The average Bonchev–Trinajstić information content (AvgIpc) is 3.26. The SMILES string of the molecule is C=CCN1C(=O)[C@](O)([C@H](C)/C=C/CC(=O)N2Cc3ccccc3C[C@H]2CO)c2cc(NC(=O)[C@H]3O[C@@H](O)[C@H](O)[C@@H](O)[C@@H]3O)ccc21. The van der Waals surface area contributed by atoms with Crippen LogP contribution < -0.4 is 10.2 Å². The summed E-state index contributed by atoms with van der Waals surface area (Å²) >= 11 is 0. The van der Waals surface area contributed by atoms with Gasteiger partial charge in [0, 0.05) is 36.7 Å². The number of carbonyl (C=O) groups is 3. The largest absolute Gasteiger partial charge is 0.394 e. The van der Waals surface area contributed by atoms with Gasteiger partial charge in [0.2, 0.25) is 5.91 Å². The van der Waals surface area contributed by atoms with Crippen molar-refractivity contribution in [1.29, 1.82) is 0 Å². The third-order valence-electron chi connectivity index (χ3n) is 8.96. The number of aliphatic hydroxyl groups is 6. The van der Waals surface area contributed by atoms with Crippen LogP contribution in [0.25, 0.3) is 0 Å². The molecule has 1 fully saturated rings. The van der Waals surface area contributed by atoms with Gasteiger partial charge in [0.1, 0.15) is 18.3 Å². The van der Waals surface area contributed by atoms with Crippen LogP contribution in [0, 0.1) is 5.92 Å². The topological polar surface area (TPSA) is 200 Å². The van der Waals surface area contributed by atoms with E-state index in [0.29, 0.717) is 18.7 Å². The van der Waals surface area contributed by atoms with Gasteiger partial charge in [-0.05, 0) is 35.7 Å². The first-order chi connectivity index (χ1) is 21.9. The number of fused-ring (bicyclic) bond motifs is 2. The highest BCUT2D eigenvalue weighted by Gasteiger charge is 2.52. The lowest BCUT2D eigenvalue weighted by Gasteiger charge is -2.37. The predicted molar refractivity (Wildman–Crippen MR) is 165 cm³/mol. The Bertz CT molecular complexity index is 1530. The zero-order valence-corrected chi connectivity index (χ0v) is 25.3. The summed E-state index contributed by atoms with van der Waals surface area (Å²) in [6.45, 7) is 5.60. The molecule has 7 N–H and O–H groups in total. The van der Waals surface area contributed by atoms with Gasteiger partial charge in [0.05, 0.1) is 18.3 Å². The first kappa shape index (κ1) is 33.4. The smallest absolute Gasteiger partial charge is 0.264 e. The maximum absolute atomic E-state index is 13.7. The Hall–Kier alpha value is -3.95. The van der Waals surface area contributed by atoms with Crippen LogP contribution in [-0.4, -0.2) is 103 Å². The highest BCUT2D eigenvalue weighted by atomic mass is 16.6. The van der Waals surface area contributed by atoms with Gasteiger partial charge in [0.15, 0.2) is 18.0 Å². The Morgan fingerprint density at radius 3 is 2.52 bits per heavy atom. The maximum atomic E-state index is 13.7. The van der Waals surface area contributed by atoms with E-state index in [1.165, 1.54) is 29.2 Å². The minimum absolute atomic E-state index is 0.0251. The van der Waals surface area contributed by atoms with Crippen molar-refractivity contribution in [1.82, 2.24) is 4.90 Å². The van der Waals surface area contributed by atoms with Gasteiger partial charge in [-0.25, -0.2) is 0 Å². The monoisotopic (exact) mass is 637 g/mol. The lowest BCUT2D eigenvalue weighted by Crippen LogP contribution is -2.60. The number of aliphatic hydroxyl groups excluding tert-OH is 5. The summed E-state index contributed by atoms with van der Waals surface area (Å²) < 4.78 is 5.00. The van der Waals surface area contributed by atoms with Crippen LogP contribution in [0.1, 0.15) is 30.0 Å². The van der Waals surface area contributed by atoms with Crippen molar-refractivity contribution in [2.45, 2.75) is 68.7 Å². The van der Waals surface area contributed by atoms with Crippen molar-refractivity contribution in [3.8, 4) is 0 Å². The molecule has 0 radical (unpaired) electrons. The minimum Gasteiger partial charge on any atom is -0.394 e. The molecule has 1 saturated heterocycles. The molecule has 0 aliphatic carbocycles. The Kier molecular flexibility index (Phi) is 9.75. The molecule has 0 spiro atoms. The third-order valence-corrected chi connectivity index (χ3v) is 8.96. The molecule has 246 valence electrons. The summed E-state index contributed by atoms with van der Waals surface area (Å²) in [6.07, 6.45) is -3.95. The zero-order chi connectivity index (χ0) is 33.3. The van der Waals surface area contributed by atoms with E-state index in [1.807, 2.05) is 24.3 Å². The van der Waals surface area contributed by atoms with E-state index in [1.54, 1.807) is 24.0 Å². The molecule has 0 aromatic heterocycles. The summed E-state index contributed by atoms with van der Waals surface area (Å²) in [4.78, 5) is 42.8. The lowest BCUT2D eigenvalue weighted by atomic mass is 9.82. The van der Waals surface area contributed by atoms with Crippen LogP contribution in [0.5, 0.6) is 0 Å². The Labute approximate surface area is 265 Å². The molecule has 2 aromatic rings. The number of nitrogens with one attached hydrogen (secondary N) is 1. The molecule has 5 rings (SSSR count). The molecule has 0 saturated carbocycles. The van der Waals surface area contributed by atoms with Gasteiger partial charge in [-0.3, -0.25) is 14.4 Å². The Morgan fingerprint density at radius 1 is 1.11 bits per heavy atom. The average molecular weight is 638 g/mol. The summed E-state index contributed by atoms with van der Waals surface area (Å²) in [6, 6.07) is 11.8. The second kappa shape index (κ2) is 13.4. The van der Waals surface area contributed by atoms with Gasteiger partial charge in [0.25, 0.3) is 11.8 Å². The number of benzene rings is 2. The second-order valence-electron chi connectivity index (χ2n) is 11.9. The Balaban J connectivity index is 1.34. The molecule has 0 unspecified atom stereocenters. The molecule has 2 aromatic carbocycles. The summed E-state index contributed by atoms with van der Waals surface area (Å²) in [5.41, 5.74) is 0.685. The van der Waals surface area contributed by atoms with Crippen LogP contribution in [0.4, 0.5) is 11.4 Å². The summed E-state index contributed by atoms with van der Waals surface area (Å²) in [7, 11) is 0. The highest BCUT2D eigenvalue weighted by Crippen LogP contribution is 2.46. The molecule has 8 atom stereocenters. The van der Waals surface area contributed by atoms with Crippen LogP contribution in [0.2, 0.25) is 0 Å². The van der Waals surface area contributed by atoms with Crippen molar-refractivity contribution in [2.75, 3.05) is 23.4 Å². The van der Waals surface area contributed by atoms with E-state index in [0.717, 1.165) is 11.1 Å². The van der Waals surface area contributed by atoms with E-state index in [4.69, 9.17) is 4.74 Å². The molecule has 3 amide bonds. The number of hydrogen-bond donors (Lipinski definition) is 7. The fraction of sp³-hybridized carbons (Fsp3) is 0.424. The third kappa shape index (κ3) is 5.98. The standard InChI is InChI=1S/C33H39N3O10/c1-3-13-35-24-12-11-21(34-30(42)29-27(40)26(39)28(41)31(43)46-29)15-23(24)33(45,32(35)44)18(2)7-6-10-25(38)36-16-20-9-5-4-8-19(20)14-22(36)17-37/h3-9,11-12,15,18,22,26-29,31,37,39-41,43,45H,1,10,13-14,16-17H2,2H3,(H,34,42)/b7-6+/t18-,22+,26+,27+,28-,29+,31-,33+/m1/s1. The highest BCUT2D eigenvalue weighted by molar-refractivity contribution is 6.08. The van der Waals surface area contributed by atoms with Crippen molar-refractivity contribution < 1.29 is 49.8 Å². The van der Waals surface area contributed by atoms with E-state index in [-0.39, 0.29) is 42.8 Å². The second-order valence-corrected chi connectivity index (χ2v) is 11.9. The van der Waals surface area contributed by atoms with E-state index in [9.17, 15) is 45.0 Å². The summed E-state index contributed by atoms with van der Waals surface area (Å²) in [5.74, 6) is -2.62. The number of carbonyl (C=O) groups excluding carboxylic acids is 3. The molecule has 3 heterocycles. The van der Waals surface area contributed by atoms with Crippen molar-refractivity contribution in [3.05, 3.63) is 84.0 Å². The van der Waals surface area contributed by atoms with Gasteiger partial charge in [-0.1, -0.05) is 49.4 Å². The van der Waals surface area contributed by atoms with Crippen molar-refractivity contribution in [3.63, 3.8) is 0 Å². The van der Waals surface area contributed by atoms with Gasteiger partial charge in [-0.15, -0.1) is 6.58 Å². The molecule has 46 heavy (non-hydrogen) atoms. The molecule has 3 aliphatic rings. The van der Waals surface area contributed by atoms with Crippen LogP contribution >= 0.6 is 0 Å².